The molecule has 10 heteroatoms. The van der Waals surface area contributed by atoms with Crippen LogP contribution >= 0.6 is 11.3 Å². The predicted molar refractivity (Wildman–Crippen MR) is 128 cm³/mol. The minimum atomic E-state index is -0.109. The second-order valence-corrected chi connectivity index (χ2v) is 9.80. The molecule has 0 atom stereocenters. The number of nitrogens with one attached hydrogen (secondary N) is 2. The lowest BCUT2D eigenvalue weighted by Crippen LogP contribution is -2.22. The number of benzene rings is 1. The van der Waals surface area contributed by atoms with Crippen molar-refractivity contribution in [3.8, 4) is 11.3 Å². The predicted octanol–water partition coefficient (Wildman–Crippen LogP) is 4.01. The second-order valence-electron chi connectivity index (χ2n) is 8.77. The van der Waals surface area contributed by atoms with E-state index in [0.717, 1.165) is 27.4 Å². The van der Waals surface area contributed by atoms with Gasteiger partial charge in [-0.2, -0.15) is 0 Å². The Morgan fingerprint density at radius 1 is 1.18 bits per heavy atom. The summed E-state index contributed by atoms with van der Waals surface area (Å²) in [6, 6.07) is 7.92. The Morgan fingerprint density at radius 3 is 2.67 bits per heavy atom. The van der Waals surface area contributed by atoms with Crippen LogP contribution in [0.3, 0.4) is 0 Å². The number of amides is 1. The highest BCUT2D eigenvalue weighted by Crippen LogP contribution is 2.27. The molecule has 0 aliphatic carbocycles. The van der Waals surface area contributed by atoms with Crippen molar-refractivity contribution in [1.82, 2.24) is 35.3 Å². The largest absolute Gasteiger partial charge is 0.347 e. The number of rotatable bonds is 6. The molecule has 9 nitrogen and oxygen atoms in total. The Morgan fingerprint density at radius 2 is 2.00 bits per heavy atom. The summed E-state index contributed by atoms with van der Waals surface area (Å²) in [6.07, 6.45) is 5.10. The van der Waals surface area contributed by atoms with Crippen molar-refractivity contribution in [2.24, 2.45) is 7.05 Å². The van der Waals surface area contributed by atoms with Crippen molar-refractivity contribution in [3.63, 3.8) is 0 Å². The number of thiazole rings is 1. The highest BCUT2D eigenvalue weighted by Gasteiger charge is 2.20. The Bertz CT molecular complexity index is 1290. The number of aromatic nitrogens is 6. The van der Waals surface area contributed by atoms with Gasteiger partial charge in [0, 0.05) is 30.8 Å². The smallest absolute Gasteiger partial charge is 0.263 e. The van der Waals surface area contributed by atoms with E-state index in [2.05, 4.69) is 62.7 Å². The number of nitrogens with zero attached hydrogens (tertiary/aromatic N) is 6. The quantitative estimate of drug-likeness (QED) is 0.445. The number of anilines is 2. The van der Waals surface area contributed by atoms with Crippen molar-refractivity contribution in [3.05, 3.63) is 63.9 Å². The van der Waals surface area contributed by atoms with Crippen molar-refractivity contribution >= 4 is 29.0 Å². The maximum absolute atomic E-state index is 12.6. The van der Waals surface area contributed by atoms with E-state index in [1.807, 2.05) is 25.1 Å². The van der Waals surface area contributed by atoms with Crippen molar-refractivity contribution in [2.45, 2.75) is 39.7 Å². The molecule has 0 fully saturated rings. The Labute approximate surface area is 196 Å². The van der Waals surface area contributed by atoms with Crippen LogP contribution in [0.5, 0.6) is 0 Å². The normalized spacial score (nSPS) is 11.4. The van der Waals surface area contributed by atoms with Gasteiger partial charge in [-0.3, -0.25) is 9.48 Å². The average molecular weight is 463 g/mol. The third-order valence-corrected chi connectivity index (χ3v) is 6.37. The number of hydrogen-bond acceptors (Lipinski definition) is 8. The molecule has 0 aliphatic heterocycles. The standard InChI is InChI=1S/C23H26N8OS/c1-14-10-15(17-8-9-24-22(27-17)28-19-13-31(5)30-29-19)6-7-16(14)11-25-20(32)18-12-26-21(33-18)23(2,3)4/h6-10,12-13H,11H2,1-5H3,(H,25,32)(H,24,27,28). The topological polar surface area (TPSA) is 111 Å². The van der Waals surface area contributed by atoms with Gasteiger partial charge in [-0.25, -0.2) is 15.0 Å². The van der Waals surface area contributed by atoms with Gasteiger partial charge in [-0.05, 0) is 30.2 Å². The maximum Gasteiger partial charge on any atom is 0.263 e. The lowest BCUT2D eigenvalue weighted by Gasteiger charge is -2.13. The molecule has 0 aliphatic rings. The molecule has 4 aromatic rings. The number of aryl methyl sites for hydroxylation is 2. The fourth-order valence-electron chi connectivity index (χ4n) is 3.14. The van der Waals surface area contributed by atoms with Crippen LogP contribution < -0.4 is 10.6 Å². The van der Waals surface area contributed by atoms with Crippen LogP contribution in [-0.4, -0.2) is 35.9 Å². The first-order chi connectivity index (χ1) is 15.7. The molecule has 170 valence electrons. The van der Waals surface area contributed by atoms with Gasteiger partial charge in [0.15, 0.2) is 5.82 Å². The summed E-state index contributed by atoms with van der Waals surface area (Å²) >= 11 is 1.44. The van der Waals surface area contributed by atoms with Crippen molar-refractivity contribution < 1.29 is 4.79 Å². The van der Waals surface area contributed by atoms with Crippen molar-refractivity contribution in [1.29, 1.82) is 0 Å². The molecule has 3 heterocycles. The molecular weight excluding hydrogens is 436 g/mol. The van der Waals surface area contributed by atoms with Gasteiger partial charge in [-0.1, -0.05) is 38.1 Å². The monoisotopic (exact) mass is 462 g/mol. The van der Waals surface area contributed by atoms with Gasteiger partial charge in [0.25, 0.3) is 5.91 Å². The van der Waals surface area contributed by atoms with E-state index >= 15 is 0 Å². The summed E-state index contributed by atoms with van der Waals surface area (Å²) in [5.41, 5.74) is 3.79. The summed E-state index contributed by atoms with van der Waals surface area (Å²) in [7, 11) is 1.79. The zero-order valence-electron chi connectivity index (χ0n) is 19.2. The van der Waals surface area contributed by atoms with E-state index in [-0.39, 0.29) is 11.3 Å². The molecule has 1 amide bonds. The minimum Gasteiger partial charge on any atom is -0.347 e. The number of carbonyl (C=O) groups is 1. The molecule has 0 unspecified atom stereocenters. The molecule has 0 saturated heterocycles. The van der Waals surface area contributed by atoms with Gasteiger partial charge < -0.3 is 10.6 Å². The Balaban J connectivity index is 1.43. The summed E-state index contributed by atoms with van der Waals surface area (Å²) in [4.78, 5) is 26.4. The van der Waals surface area contributed by atoms with Crippen LogP contribution in [0.4, 0.5) is 11.8 Å². The van der Waals surface area contributed by atoms with Crippen LogP contribution in [0.1, 0.15) is 46.6 Å². The minimum absolute atomic E-state index is 0.0690. The summed E-state index contributed by atoms with van der Waals surface area (Å²) in [6.45, 7) is 8.73. The van der Waals surface area contributed by atoms with E-state index in [1.54, 1.807) is 30.3 Å². The van der Waals surface area contributed by atoms with E-state index in [0.29, 0.717) is 23.2 Å². The summed E-state index contributed by atoms with van der Waals surface area (Å²) < 4.78 is 1.60. The summed E-state index contributed by atoms with van der Waals surface area (Å²) in [5.74, 6) is 0.913. The molecule has 3 aromatic heterocycles. The van der Waals surface area contributed by atoms with E-state index < -0.39 is 0 Å². The van der Waals surface area contributed by atoms with Crippen LogP contribution in [0.15, 0.2) is 42.9 Å². The lowest BCUT2D eigenvalue weighted by molar-refractivity contribution is 0.0954. The fraction of sp³-hybridized carbons (Fsp3) is 0.304. The number of hydrogen-bond donors (Lipinski definition) is 2. The lowest BCUT2D eigenvalue weighted by atomic mass is 9.98. The highest BCUT2D eigenvalue weighted by atomic mass is 32.1. The molecular formula is C23H26N8OS. The molecule has 0 radical (unpaired) electrons. The third-order valence-electron chi connectivity index (χ3n) is 4.95. The van der Waals surface area contributed by atoms with Crippen LogP contribution in [0, 0.1) is 6.92 Å². The van der Waals surface area contributed by atoms with Gasteiger partial charge in [0.2, 0.25) is 5.95 Å². The third kappa shape index (κ3) is 5.40. The summed E-state index contributed by atoms with van der Waals surface area (Å²) in [5, 5.41) is 14.9. The van der Waals surface area contributed by atoms with Crippen LogP contribution in [0.25, 0.3) is 11.3 Å². The zero-order valence-corrected chi connectivity index (χ0v) is 20.1. The molecule has 0 spiro atoms. The molecule has 2 N–H and O–H groups in total. The molecule has 1 aromatic carbocycles. The van der Waals surface area contributed by atoms with Gasteiger partial charge in [0.05, 0.1) is 23.1 Å². The van der Waals surface area contributed by atoms with Crippen molar-refractivity contribution in [2.75, 3.05) is 5.32 Å². The van der Waals surface area contributed by atoms with Crippen LogP contribution in [0.2, 0.25) is 0 Å². The second kappa shape index (κ2) is 9.07. The van der Waals surface area contributed by atoms with Gasteiger partial charge in [-0.15, -0.1) is 16.4 Å². The van der Waals surface area contributed by atoms with E-state index in [4.69, 9.17) is 0 Å². The first-order valence-corrected chi connectivity index (χ1v) is 11.3. The highest BCUT2D eigenvalue weighted by molar-refractivity contribution is 7.13. The molecule has 4 rings (SSSR count). The molecule has 0 saturated carbocycles. The SMILES string of the molecule is Cc1cc(-c2ccnc(Nc3cn(C)nn3)n2)ccc1CNC(=O)c1cnc(C(C)(C)C)s1. The zero-order chi connectivity index (χ0) is 23.6. The van der Waals surface area contributed by atoms with Crippen LogP contribution in [-0.2, 0) is 19.0 Å². The van der Waals surface area contributed by atoms with Gasteiger partial charge in [0.1, 0.15) is 4.88 Å². The Hall–Kier alpha value is -3.66. The fourth-order valence-corrected chi connectivity index (χ4v) is 4.03. The van der Waals surface area contributed by atoms with E-state index in [9.17, 15) is 4.79 Å². The molecule has 0 bridgehead atoms. The Kier molecular flexibility index (Phi) is 6.19. The van der Waals surface area contributed by atoms with E-state index in [1.165, 1.54) is 11.3 Å². The van der Waals surface area contributed by atoms with Gasteiger partial charge >= 0.3 is 0 Å². The average Bonchev–Trinajstić information content (AvgIpc) is 3.42. The first-order valence-electron chi connectivity index (χ1n) is 10.5. The number of carbonyl (C=O) groups excluding carboxylic acids is 1. The molecule has 33 heavy (non-hydrogen) atoms. The maximum atomic E-state index is 12.6. The first kappa shape index (κ1) is 22.5.